The van der Waals surface area contributed by atoms with Crippen LogP contribution in [-0.4, -0.2) is 28.9 Å². The Balaban J connectivity index is 1.88. The van der Waals surface area contributed by atoms with Gasteiger partial charge in [-0.1, -0.05) is 25.1 Å². The molecule has 2 aromatic rings. The summed E-state index contributed by atoms with van der Waals surface area (Å²) in [5.41, 5.74) is 2.35. The lowest BCUT2D eigenvalue weighted by molar-refractivity contribution is -0.141. The smallest absolute Gasteiger partial charge is 0.306 e. The normalized spacial score (nSPS) is 17.7. The molecule has 0 aliphatic carbocycles. The topological polar surface area (TPSA) is 51.5 Å². The second-order valence-corrected chi connectivity index (χ2v) is 6.32. The molecule has 1 fully saturated rings. The standard InChI is InChI=1S/C18H23NO3/c1-13(18(20)21)10-15-12-19(11-14-6-8-22-9-7-14)17-5-3-2-4-16(15)17/h2-5,12-14H,6-11H2,1H3,(H,20,21). The molecular formula is C18H23NO3. The average Bonchev–Trinajstić information content (AvgIpc) is 2.86. The average molecular weight is 301 g/mol. The number of fused-ring (bicyclic) bond motifs is 1. The first-order valence-electron chi connectivity index (χ1n) is 8.02. The van der Waals surface area contributed by atoms with Crippen molar-refractivity contribution in [2.24, 2.45) is 11.8 Å². The number of hydrogen-bond donors (Lipinski definition) is 1. The van der Waals surface area contributed by atoms with Crippen LogP contribution in [0.1, 0.15) is 25.3 Å². The van der Waals surface area contributed by atoms with E-state index in [9.17, 15) is 4.79 Å². The van der Waals surface area contributed by atoms with Gasteiger partial charge in [-0.15, -0.1) is 0 Å². The number of nitrogens with zero attached hydrogens (tertiary/aromatic N) is 1. The maximum Gasteiger partial charge on any atom is 0.306 e. The van der Waals surface area contributed by atoms with Crippen molar-refractivity contribution in [1.29, 1.82) is 0 Å². The Morgan fingerprint density at radius 3 is 2.82 bits per heavy atom. The molecule has 1 unspecified atom stereocenters. The minimum absolute atomic E-state index is 0.359. The van der Waals surface area contributed by atoms with E-state index < -0.39 is 5.97 Å². The molecule has 1 aromatic carbocycles. The van der Waals surface area contributed by atoms with E-state index in [-0.39, 0.29) is 5.92 Å². The fourth-order valence-corrected chi connectivity index (χ4v) is 3.26. The van der Waals surface area contributed by atoms with Crippen LogP contribution in [0.15, 0.2) is 30.5 Å². The van der Waals surface area contributed by atoms with Gasteiger partial charge in [-0.3, -0.25) is 4.79 Å². The number of ether oxygens (including phenoxy) is 1. The number of carbonyl (C=O) groups is 1. The van der Waals surface area contributed by atoms with Crippen LogP contribution in [0.25, 0.3) is 10.9 Å². The maximum absolute atomic E-state index is 11.1. The van der Waals surface area contributed by atoms with Crippen molar-refractivity contribution in [2.75, 3.05) is 13.2 Å². The molecule has 4 heteroatoms. The van der Waals surface area contributed by atoms with E-state index in [1.807, 2.05) is 12.1 Å². The molecule has 0 saturated carbocycles. The SMILES string of the molecule is CC(Cc1cn(CC2CCOCC2)c2ccccc12)C(=O)O. The predicted molar refractivity (Wildman–Crippen MR) is 86.0 cm³/mol. The summed E-state index contributed by atoms with van der Waals surface area (Å²) in [6.45, 7) is 4.47. The molecule has 1 aromatic heterocycles. The van der Waals surface area contributed by atoms with Crippen LogP contribution in [0.3, 0.4) is 0 Å². The Morgan fingerprint density at radius 1 is 1.36 bits per heavy atom. The number of aliphatic carboxylic acids is 1. The van der Waals surface area contributed by atoms with Crippen LogP contribution in [0.4, 0.5) is 0 Å². The van der Waals surface area contributed by atoms with E-state index in [1.165, 1.54) is 10.9 Å². The van der Waals surface area contributed by atoms with Gasteiger partial charge in [0.25, 0.3) is 0 Å². The van der Waals surface area contributed by atoms with E-state index in [2.05, 4.69) is 22.9 Å². The van der Waals surface area contributed by atoms with Gasteiger partial charge in [0.1, 0.15) is 0 Å². The molecule has 0 amide bonds. The molecule has 0 bridgehead atoms. The first-order valence-corrected chi connectivity index (χ1v) is 8.02. The van der Waals surface area contributed by atoms with Crippen molar-refractivity contribution >= 4 is 16.9 Å². The molecular weight excluding hydrogens is 278 g/mol. The quantitative estimate of drug-likeness (QED) is 0.921. The third kappa shape index (κ3) is 3.17. The summed E-state index contributed by atoms with van der Waals surface area (Å²) in [6.07, 6.45) is 4.94. The zero-order valence-corrected chi connectivity index (χ0v) is 13.0. The Kier molecular flexibility index (Phi) is 4.48. The number of carboxylic acids is 1. The molecule has 1 aliphatic heterocycles. The van der Waals surface area contributed by atoms with E-state index >= 15 is 0 Å². The highest BCUT2D eigenvalue weighted by Gasteiger charge is 2.19. The van der Waals surface area contributed by atoms with Gasteiger partial charge in [0, 0.05) is 36.9 Å². The highest BCUT2D eigenvalue weighted by atomic mass is 16.5. The minimum Gasteiger partial charge on any atom is -0.481 e. The Labute approximate surface area is 130 Å². The summed E-state index contributed by atoms with van der Waals surface area (Å²) in [6, 6.07) is 8.30. The van der Waals surface area contributed by atoms with E-state index in [1.54, 1.807) is 6.92 Å². The monoisotopic (exact) mass is 301 g/mol. The third-order valence-electron chi connectivity index (χ3n) is 4.61. The van der Waals surface area contributed by atoms with Gasteiger partial charge < -0.3 is 14.4 Å². The van der Waals surface area contributed by atoms with E-state index in [0.717, 1.165) is 38.2 Å². The predicted octanol–water partition coefficient (Wildman–Crippen LogP) is 3.33. The Morgan fingerprint density at radius 2 is 2.09 bits per heavy atom. The fourth-order valence-electron chi connectivity index (χ4n) is 3.26. The number of aromatic nitrogens is 1. The lowest BCUT2D eigenvalue weighted by Gasteiger charge is -2.22. The number of rotatable bonds is 5. The Bertz CT molecular complexity index is 655. The van der Waals surface area contributed by atoms with Crippen LogP contribution < -0.4 is 0 Å². The van der Waals surface area contributed by atoms with Crippen LogP contribution in [-0.2, 0) is 22.5 Å². The van der Waals surface area contributed by atoms with Crippen molar-refractivity contribution in [1.82, 2.24) is 4.57 Å². The molecule has 0 spiro atoms. The Hall–Kier alpha value is -1.81. The first-order chi connectivity index (χ1) is 10.6. The van der Waals surface area contributed by atoms with Gasteiger partial charge in [0.15, 0.2) is 0 Å². The molecule has 1 saturated heterocycles. The minimum atomic E-state index is -0.735. The van der Waals surface area contributed by atoms with E-state index in [0.29, 0.717) is 12.3 Å². The van der Waals surface area contributed by atoms with Crippen LogP contribution >= 0.6 is 0 Å². The zero-order chi connectivity index (χ0) is 15.5. The van der Waals surface area contributed by atoms with Crippen molar-refractivity contribution in [2.45, 2.75) is 32.7 Å². The summed E-state index contributed by atoms with van der Waals surface area (Å²) >= 11 is 0. The third-order valence-corrected chi connectivity index (χ3v) is 4.61. The molecule has 4 nitrogen and oxygen atoms in total. The summed E-state index contributed by atoms with van der Waals surface area (Å²) in [5.74, 6) is -0.446. The highest BCUT2D eigenvalue weighted by molar-refractivity contribution is 5.84. The number of carboxylic acid groups (broad SMARTS) is 1. The molecule has 1 aliphatic rings. The van der Waals surface area contributed by atoms with Gasteiger partial charge in [0.05, 0.1) is 5.92 Å². The molecule has 0 radical (unpaired) electrons. The first kappa shape index (κ1) is 15.1. The maximum atomic E-state index is 11.1. The molecule has 118 valence electrons. The van der Waals surface area contributed by atoms with Crippen LogP contribution in [0, 0.1) is 11.8 Å². The zero-order valence-electron chi connectivity index (χ0n) is 13.0. The number of benzene rings is 1. The van der Waals surface area contributed by atoms with Crippen molar-refractivity contribution < 1.29 is 14.6 Å². The van der Waals surface area contributed by atoms with E-state index in [4.69, 9.17) is 9.84 Å². The second-order valence-electron chi connectivity index (χ2n) is 6.32. The number of hydrogen-bond acceptors (Lipinski definition) is 2. The fraction of sp³-hybridized carbons (Fsp3) is 0.500. The van der Waals surface area contributed by atoms with Gasteiger partial charge in [-0.25, -0.2) is 0 Å². The molecule has 1 atom stereocenters. The summed E-state index contributed by atoms with van der Waals surface area (Å²) in [4.78, 5) is 11.1. The van der Waals surface area contributed by atoms with Crippen LogP contribution in [0.2, 0.25) is 0 Å². The lowest BCUT2D eigenvalue weighted by atomic mass is 10.0. The van der Waals surface area contributed by atoms with Crippen molar-refractivity contribution in [3.63, 3.8) is 0 Å². The summed E-state index contributed by atoms with van der Waals surface area (Å²) < 4.78 is 7.74. The molecule has 2 heterocycles. The van der Waals surface area contributed by atoms with Gasteiger partial charge in [-0.2, -0.15) is 0 Å². The largest absolute Gasteiger partial charge is 0.481 e. The summed E-state index contributed by atoms with van der Waals surface area (Å²) in [7, 11) is 0. The molecule has 22 heavy (non-hydrogen) atoms. The summed E-state index contributed by atoms with van der Waals surface area (Å²) in [5, 5.41) is 10.3. The highest BCUT2D eigenvalue weighted by Crippen LogP contribution is 2.26. The van der Waals surface area contributed by atoms with Crippen molar-refractivity contribution in [3.8, 4) is 0 Å². The second kappa shape index (κ2) is 6.53. The lowest BCUT2D eigenvalue weighted by Crippen LogP contribution is -2.20. The van der Waals surface area contributed by atoms with Crippen molar-refractivity contribution in [3.05, 3.63) is 36.0 Å². The van der Waals surface area contributed by atoms with Gasteiger partial charge >= 0.3 is 5.97 Å². The van der Waals surface area contributed by atoms with Gasteiger partial charge in [0.2, 0.25) is 0 Å². The van der Waals surface area contributed by atoms with Gasteiger partial charge in [-0.05, 0) is 36.8 Å². The molecule has 3 rings (SSSR count). The molecule has 1 N–H and O–H groups in total. The number of para-hydroxylation sites is 1. The van der Waals surface area contributed by atoms with Crippen LogP contribution in [0.5, 0.6) is 0 Å².